The Balaban J connectivity index is 3.09. The highest BCUT2D eigenvalue weighted by Gasteiger charge is 2.27. The highest BCUT2D eigenvalue weighted by atomic mass is 16.6. The van der Waals surface area contributed by atoms with E-state index in [1.54, 1.807) is 0 Å². The Morgan fingerprint density at radius 3 is 2.37 bits per heavy atom. The molecule has 1 rings (SSSR count). The monoisotopic (exact) mass is 269 g/mol. The zero-order valence-electron chi connectivity index (χ0n) is 9.90. The summed E-state index contributed by atoms with van der Waals surface area (Å²) < 4.78 is 4.79. The first kappa shape index (κ1) is 14.4. The number of carboxylic acids is 2. The number of rotatable bonds is 6. The van der Waals surface area contributed by atoms with E-state index in [2.05, 4.69) is 0 Å². The average molecular weight is 269 g/mol. The fraction of sp³-hybridized carbons (Fsp3) is 0.273. The van der Waals surface area contributed by atoms with Crippen LogP contribution in [0.15, 0.2) is 18.2 Å². The Labute approximate surface area is 107 Å². The van der Waals surface area contributed by atoms with E-state index in [1.165, 1.54) is 19.2 Å². The maximum Gasteiger partial charge on any atom is 0.318 e. The van der Waals surface area contributed by atoms with Crippen LogP contribution in [0.4, 0.5) is 5.69 Å². The normalized spacial score (nSPS) is 10.2. The standard InChI is InChI=1S/C11H11NO7/c1-19-9-3-2-6(5-8(9)12(17)18)4-7(10(13)14)11(15)16/h2-3,5,7H,4H2,1H3,(H,13,14)(H,15,16). The van der Waals surface area contributed by atoms with Crippen molar-refractivity contribution in [3.63, 3.8) is 0 Å². The van der Waals surface area contributed by atoms with Crippen molar-refractivity contribution >= 4 is 17.6 Å². The van der Waals surface area contributed by atoms with Crippen LogP contribution in [0.25, 0.3) is 0 Å². The largest absolute Gasteiger partial charge is 0.490 e. The number of hydrogen-bond acceptors (Lipinski definition) is 5. The van der Waals surface area contributed by atoms with Gasteiger partial charge >= 0.3 is 17.6 Å². The number of nitrogens with zero attached hydrogens (tertiary/aromatic N) is 1. The van der Waals surface area contributed by atoms with Gasteiger partial charge in [-0.2, -0.15) is 0 Å². The van der Waals surface area contributed by atoms with E-state index >= 15 is 0 Å². The third kappa shape index (κ3) is 3.41. The van der Waals surface area contributed by atoms with Crippen molar-refractivity contribution in [2.45, 2.75) is 6.42 Å². The van der Waals surface area contributed by atoms with Gasteiger partial charge in [0.25, 0.3) is 0 Å². The molecule has 0 heterocycles. The van der Waals surface area contributed by atoms with Crippen molar-refractivity contribution in [2.24, 2.45) is 5.92 Å². The summed E-state index contributed by atoms with van der Waals surface area (Å²) >= 11 is 0. The van der Waals surface area contributed by atoms with Crippen LogP contribution >= 0.6 is 0 Å². The second-order valence-electron chi connectivity index (χ2n) is 3.70. The van der Waals surface area contributed by atoms with Gasteiger partial charge in [-0.3, -0.25) is 19.7 Å². The van der Waals surface area contributed by atoms with Crippen LogP contribution in [-0.2, 0) is 16.0 Å². The molecule has 1 aromatic carbocycles. The van der Waals surface area contributed by atoms with Gasteiger partial charge in [-0.1, -0.05) is 6.07 Å². The van der Waals surface area contributed by atoms with Gasteiger partial charge in [0.1, 0.15) is 0 Å². The summed E-state index contributed by atoms with van der Waals surface area (Å²) in [5.74, 6) is -4.61. The molecule has 0 saturated carbocycles. The lowest BCUT2D eigenvalue weighted by molar-refractivity contribution is -0.385. The summed E-state index contributed by atoms with van der Waals surface area (Å²) in [5, 5.41) is 28.3. The van der Waals surface area contributed by atoms with Crippen LogP contribution in [-0.4, -0.2) is 34.2 Å². The van der Waals surface area contributed by atoms with E-state index in [0.717, 1.165) is 6.07 Å². The molecule has 0 amide bonds. The number of nitro groups is 1. The molecule has 0 unspecified atom stereocenters. The Kier molecular flexibility index (Phi) is 4.41. The van der Waals surface area contributed by atoms with Crippen molar-refractivity contribution in [3.8, 4) is 5.75 Å². The number of ether oxygens (including phenoxy) is 1. The fourth-order valence-electron chi connectivity index (χ4n) is 1.52. The van der Waals surface area contributed by atoms with Crippen LogP contribution in [0, 0.1) is 16.0 Å². The number of nitro benzene ring substituents is 1. The topological polar surface area (TPSA) is 127 Å². The lowest BCUT2D eigenvalue weighted by atomic mass is 9.99. The molecule has 0 saturated heterocycles. The van der Waals surface area contributed by atoms with Gasteiger partial charge in [0.15, 0.2) is 11.7 Å². The summed E-state index contributed by atoms with van der Waals surface area (Å²) in [6.45, 7) is 0. The summed E-state index contributed by atoms with van der Waals surface area (Å²) in [5.41, 5.74) is -0.100. The summed E-state index contributed by atoms with van der Waals surface area (Å²) in [7, 11) is 1.26. The molecule has 8 nitrogen and oxygen atoms in total. The van der Waals surface area contributed by atoms with Crippen LogP contribution in [0.5, 0.6) is 5.75 Å². The molecule has 0 atom stereocenters. The minimum Gasteiger partial charge on any atom is -0.490 e. The Hall–Kier alpha value is -2.64. The Bertz CT molecular complexity index is 512. The molecule has 0 aliphatic rings. The quantitative estimate of drug-likeness (QED) is 0.446. The number of carboxylic acid groups (broad SMARTS) is 2. The van der Waals surface area contributed by atoms with Crippen molar-refractivity contribution in [1.29, 1.82) is 0 Å². The van der Waals surface area contributed by atoms with E-state index in [-0.39, 0.29) is 23.4 Å². The minimum absolute atomic E-state index is 0.0240. The van der Waals surface area contributed by atoms with E-state index < -0.39 is 22.8 Å². The number of methoxy groups -OCH3 is 1. The van der Waals surface area contributed by atoms with Crippen LogP contribution in [0.3, 0.4) is 0 Å². The lowest BCUT2D eigenvalue weighted by Gasteiger charge is -2.08. The van der Waals surface area contributed by atoms with Crippen LogP contribution in [0.2, 0.25) is 0 Å². The first-order chi connectivity index (χ1) is 8.86. The smallest absolute Gasteiger partial charge is 0.318 e. The fourth-order valence-corrected chi connectivity index (χ4v) is 1.52. The molecule has 19 heavy (non-hydrogen) atoms. The molecule has 102 valence electrons. The van der Waals surface area contributed by atoms with E-state index in [4.69, 9.17) is 14.9 Å². The molecule has 0 bridgehead atoms. The molecule has 2 N–H and O–H groups in total. The van der Waals surface area contributed by atoms with E-state index in [9.17, 15) is 19.7 Å². The molecule has 0 aliphatic heterocycles. The number of benzene rings is 1. The highest BCUT2D eigenvalue weighted by Crippen LogP contribution is 2.28. The summed E-state index contributed by atoms with van der Waals surface area (Å²) in [6.07, 6.45) is -0.338. The lowest BCUT2D eigenvalue weighted by Crippen LogP contribution is -2.25. The van der Waals surface area contributed by atoms with Crippen molar-refractivity contribution in [3.05, 3.63) is 33.9 Å². The summed E-state index contributed by atoms with van der Waals surface area (Å²) in [4.78, 5) is 31.6. The molecule has 0 radical (unpaired) electrons. The third-order valence-electron chi connectivity index (χ3n) is 2.48. The Morgan fingerprint density at radius 2 is 1.95 bits per heavy atom. The van der Waals surface area contributed by atoms with Gasteiger partial charge in [-0.05, 0) is 18.1 Å². The van der Waals surface area contributed by atoms with Crippen molar-refractivity contribution in [1.82, 2.24) is 0 Å². The first-order valence-electron chi connectivity index (χ1n) is 5.13. The predicted molar refractivity (Wildman–Crippen MR) is 62.1 cm³/mol. The van der Waals surface area contributed by atoms with Gasteiger partial charge in [0, 0.05) is 6.07 Å². The van der Waals surface area contributed by atoms with Gasteiger partial charge in [-0.15, -0.1) is 0 Å². The average Bonchev–Trinajstić information content (AvgIpc) is 2.34. The molecule has 0 fully saturated rings. The van der Waals surface area contributed by atoms with Gasteiger partial charge < -0.3 is 14.9 Å². The maximum absolute atomic E-state index is 10.8. The van der Waals surface area contributed by atoms with Gasteiger partial charge in [0.05, 0.1) is 12.0 Å². The molecule has 0 aromatic heterocycles. The molecule has 1 aromatic rings. The van der Waals surface area contributed by atoms with Crippen LogP contribution < -0.4 is 4.74 Å². The third-order valence-corrected chi connectivity index (χ3v) is 2.48. The molecule has 8 heteroatoms. The molecule has 0 spiro atoms. The number of hydrogen-bond donors (Lipinski definition) is 2. The van der Waals surface area contributed by atoms with Gasteiger partial charge in [-0.25, -0.2) is 0 Å². The van der Waals surface area contributed by atoms with Gasteiger partial charge in [0.2, 0.25) is 0 Å². The zero-order chi connectivity index (χ0) is 14.6. The molecular formula is C11H11NO7. The minimum atomic E-state index is -1.65. The SMILES string of the molecule is COc1ccc(CC(C(=O)O)C(=O)O)cc1[N+](=O)[O-]. The second kappa shape index (κ2) is 5.80. The number of aliphatic carboxylic acids is 2. The van der Waals surface area contributed by atoms with E-state index in [0.29, 0.717) is 0 Å². The van der Waals surface area contributed by atoms with E-state index in [1.807, 2.05) is 0 Å². The first-order valence-corrected chi connectivity index (χ1v) is 5.13. The molecule has 0 aliphatic carbocycles. The predicted octanol–water partition coefficient (Wildman–Crippen LogP) is 0.931. The Morgan fingerprint density at radius 1 is 1.37 bits per heavy atom. The number of carbonyl (C=O) groups is 2. The van der Waals surface area contributed by atoms with Crippen molar-refractivity contribution in [2.75, 3.05) is 7.11 Å². The highest BCUT2D eigenvalue weighted by molar-refractivity contribution is 5.93. The summed E-state index contributed by atoms with van der Waals surface area (Å²) in [6, 6.07) is 3.80. The maximum atomic E-state index is 10.8. The van der Waals surface area contributed by atoms with Crippen LogP contribution in [0.1, 0.15) is 5.56 Å². The second-order valence-corrected chi connectivity index (χ2v) is 3.70. The zero-order valence-corrected chi connectivity index (χ0v) is 9.90. The van der Waals surface area contributed by atoms with Crippen molar-refractivity contribution < 1.29 is 29.5 Å². The molecular weight excluding hydrogens is 258 g/mol.